The molecule has 3 heteroatoms. The summed E-state index contributed by atoms with van der Waals surface area (Å²) in [5.74, 6) is 0. The summed E-state index contributed by atoms with van der Waals surface area (Å²) in [6.07, 6.45) is 11.3. The Morgan fingerprint density at radius 3 is 2.42 bits per heavy atom. The normalized spacial score (nSPS) is 31.4. The van der Waals surface area contributed by atoms with Crippen molar-refractivity contribution in [2.75, 3.05) is 39.8 Å². The monoisotopic (exact) mass is 265 g/mol. The van der Waals surface area contributed by atoms with E-state index in [-0.39, 0.29) is 0 Å². The summed E-state index contributed by atoms with van der Waals surface area (Å²) in [5, 5.41) is 3.92. The average molecular weight is 265 g/mol. The van der Waals surface area contributed by atoms with Gasteiger partial charge in [-0.15, -0.1) is 0 Å². The third-order valence-corrected chi connectivity index (χ3v) is 5.64. The molecule has 110 valence electrons. The van der Waals surface area contributed by atoms with Crippen molar-refractivity contribution >= 4 is 0 Å². The quantitative estimate of drug-likeness (QED) is 0.783. The maximum Gasteiger partial charge on any atom is 0.0308 e. The lowest BCUT2D eigenvalue weighted by Crippen LogP contribution is -2.55. The zero-order chi connectivity index (χ0) is 13.1. The van der Waals surface area contributed by atoms with Crippen LogP contribution in [0.4, 0.5) is 0 Å². The van der Waals surface area contributed by atoms with Crippen molar-refractivity contribution < 1.29 is 0 Å². The Morgan fingerprint density at radius 2 is 1.68 bits per heavy atom. The van der Waals surface area contributed by atoms with Crippen LogP contribution in [0.25, 0.3) is 0 Å². The second kappa shape index (κ2) is 6.11. The molecule has 0 atom stereocenters. The summed E-state index contributed by atoms with van der Waals surface area (Å²) < 4.78 is 0. The Kier molecular flexibility index (Phi) is 4.45. The average Bonchev–Trinajstić information content (AvgIpc) is 2.64. The van der Waals surface area contributed by atoms with Crippen LogP contribution >= 0.6 is 0 Å². The van der Waals surface area contributed by atoms with Crippen molar-refractivity contribution in [2.24, 2.45) is 0 Å². The van der Waals surface area contributed by atoms with E-state index in [2.05, 4.69) is 22.2 Å². The molecule has 0 radical (unpaired) electrons. The molecular formula is C16H31N3. The van der Waals surface area contributed by atoms with Gasteiger partial charge in [-0.1, -0.05) is 19.3 Å². The van der Waals surface area contributed by atoms with E-state index in [0.29, 0.717) is 5.54 Å². The molecule has 0 bridgehead atoms. The summed E-state index contributed by atoms with van der Waals surface area (Å²) in [4.78, 5) is 5.33. The second-order valence-electron chi connectivity index (χ2n) is 7.13. The molecule has 2 heterocycles. The van der Waals surface area contributed by atoms with Crippen LogP contribution in [0.5, 0.6) is 0 Å². The molecule has 3 aliphatic rings. The van der Waals surface area contributed by atoms with Gasteiger partial charge in [-0.25, -0.2) is 0 Å². The van der Waals surface area contributed by atoms with Crippen molar-refractivity contribution in [1.82, 2.24) is 15.1 Å². The van der Waals surface area contributed by atoms with Crippen molar-refractivity contribution in [2.45, 2.75) is 62.9 Å². The highest BCUT2D eigenvalue weighted by molar-refractivity contribution is 4.97. The van der Waals surface area contributed by atoms with Gasteiger partial charge in [0.15, 0.2) is 0 Å². The molecule has 0 aromatic rings. The molecule has 1 aliphatic carbocycles. The van der Waals surface area contributed by atoms with Crippen molar-refractivity contribution in [1.29, 1.82) is 0 Å². The Hall–Kier alpha value is -0.120. The molecule has 1 spiro atoms. The van der Waals surface area contributed by atoms with E-state index in [1.54, 1.807) is 0 Å². The third kappa shape index (κ3) is 3.32. The molecule has 3 nitrogen and oxygen atoms in total. The summed E-state index contributed by atoms with van der Waals surface area (Å²) in [6, 6.07) is 0.856. The van der Waals surface area contributed by atoms with E-state index in [9.17, 15) is 0 Å². The van der Waals surface area contributed by atoms with E-state index in [0.717, 1.165) is 6.04 Å². The molecule has 0 amide bonds. The van der Waals surface area contributed by atoms with Crippen LogP contribution in [0.3, 0.4) is 0 Å². The number of hydrogen-bond acceptors (Lipinski definition) is 3. The first-order chi connectivity index (χ1) is 9.27. The number of likely N-dealkylation sites (tertiary alicyclic amines) is 1. The van der Waals surface area contributed by atoms with Gasteiger partial charge in [-0.2, -0.15) is 0 Å². The highest BCUT2D eigenvalue weighted by Crippen LogP contribution is 2.32. The fourth-order valence-corrected chi connectivity index (χ4v) is 4.39. The molecule has 0 aromatic carbocycles. The first-order valence-electron chi connectivity index (χ1n) is 8.45. The first-order valence-corrected chi connectivity index (χ1v) is 8.45. The lowest BCUT2D eigenvalue weighted by atomic mass is 9.81. The largest absolute Gasteiger partial charge is 0.310 e. The summed E-state index contributed by atoms with van der Waals surface area (Å²) in [7, 11) is 2.27. The predicted molar refractivity (Wildman–Crippen MR) is 80.5 cm³/mol. The van der Waals surface area contributed by atoms with Crippen LogP contribution in [0.15, 0.2) is 0 Å². The van der Waals surface area contributed by atoms with Crippen molar-refractivity contribution in [3.8, 4) is 0 Å². The molecule has 1 N–H and O–H groups in total. The van der Waals surface area contributed by atoms with E-state index in [1.807, 2.05) is 0 Å². The molecule has 0 unspecified atom stereocenters. The van der Waals surface area contributed by atoms with Crippen LogP contribution in [0.2, 0.25) is 0 Å². The highest BCUT2D eigenvalue weighted by atomic mass is 15.2. The number of nitrogens with one attached hydrogen (secondary N) is 1. The van der Waals surface area contributed by atoms with Crippen LogP contribution in [0.1, 0.15) is 51.4 Å². The van der Waals surface area contributed by atoms with E-state index in [4.69, 9.17) is 0 Å². The van der Waals surface area contributed by atoms with Gasteiger partial charge in [-0.3, -0.25) is 4.90 Å². The predicted octanol–water partition coefficient (Wildman–Crippen LogP) is 2.08. The van der Waals surface area contributed by atoms with Crippen molar-refractivity contribution in [3.05, 3.63) is 0 Å². The Labute approximate surface area is 118 Å². The van der Waals surface area contributed by atoms with Gasteiger partial charge in [0.25, 0.3) is 0 Å². The Morgan fingerprint density at radius 1 is 0.947 bits per heavy atom. The molecular weight excluding hydrogens is 234 g/mol. The minimum absolute atomic E-state index is 0.470. The summed E-state index contributed by atoms with van der Waals surface area (Å²) in [5.41, 5.74) is 0.470. The topological polar surface area (TPSA) is 18.5 Å². The maximum absolute atomic E-state index is 3.92. The molecule has 0 aromatic heterocycles. The van der Waals surface area contributed by atoms with Gasteiger partial charge in [0.1, 0.15) is 0 Å². The van der Waals surface area contributed by atoms with Crippen LogP contribution in [-0.2, 0) is 0 Å². The Balaban J connectivity index is 1.63. The minimum atomic E-state index is 0.470. The first kappa shape index (κ1) is 13.8. The highest BCUT2D eigenvalue weighted by Gasteiger charge is 2.37. The zero-order valence-electron chi connectivity index (χ0n) is 12.7. The Bertz CT molecular complexity index is 278. The molecule has 3 rings (SSSR count). The van der Waals surface area contributed by atoms with Crippen LogP contribution < -0.4 is 5.32 Å². The lowest BCUT2D eigenvalue weighted by molar-refractivity contribution is 0.0875. The van der Waals surface area contributed by atoms with Gasteiger partial charge in [-0.05, 0) is 65.3 Å². The van der Waals surface area contributed by atoms with Gasteiger partial charge >= 0.3 is 0 Å². The number of piperidine rings is 1. The van der Waals surface area contributed by atoms with Gasteiger partial charge in [0.05, 0.1) is 0 Å². The van der Waals surface area contributed by atoms with Crippen molar-refractivity contribution in [3.63, 3.8) is 0 Å². The van der Waals surface area contributed by atoms with Crippen LogP contribution in [-0.4, -0.2) is 61.2 Å². The third-order valence-electron chi connectivity index (χ3n) is 5.64. The van der Waals surface area contributed by atoms with E-state index < -0.39 is 0 Å². The van der Waals surface area contributed by atoms with Crippen LogP contribution in [0, 0.1) is 0 Å². The zero-order valence-corrected chi connectivity index (χ0v) is 12.7. The number of rotatable bonds is 1. The fourth-order valence-electron chi connectivity index (χ4n) is 4.39. The molecule has 1 saturated carbocycles. The number of hydrogen-bond donors (Lipinski definition) is 1. The number of nitrogens with zero attached hydrogens (tertiary/aromatic N) is 2. The van der Waals surface area contributed by atoms with Gasteiger partial charge in [0.2, 0.25) is 0 Å². The summed E-state index contributed by atoms with van der Waals surface area (Å²) in [6.45, 7) is 6.47. The summed E-state index contributed by atoms with van der Waals surface area (Å²) >= 11 is 0. The minimum Gasteiger partial charge on any atom is -0.310 e. The van der Waals surface area contributed by atoms with E-state index in [1.165, 1.54) is 84.1 Å². The molecule has 2 saturated heterocycles. The standard InChI is InChI=1S/C16H31N3/c1-18-12-6-15(7-13-18)19-11-5-10-17-16(14-19)8-3-2-4-9-16/h15,17H,2-14H2,1H3. The fraction of sp³-hybridized carbons (Fsp3) is 1.00. The molecule has 3 fully saturated rings. The maximum atomic E-state index is 3.92. The SMILES string of the molecule is CN1CCC(N2CCCNC3(CCCCC3)C2)CC1. The smallest absolute Gasteiger partial charge is 0.0308 e. The molecule has 19 heavy (non-hydrogen) atoms. The van der Waals surface area contributed by atoms with Gasteiger partial charge in [0, 0.05) is 18.1 Å². The molecule has 2 aliphatic heterocycles. The van der Waals surface area contributed by atoms with Gasteiger partial charge < -0.3 is 10.2 Å². The van der Waals surface area contributed by atoms with E-state index >= 15 is 0 Å². The second-order valence-corrected chi connectivity index (χ2v) is 7.13. The lowest BCUT2D eigenvalue weighted by Gasteiger charge is -2.44.